The maximum atomic E-state index is 7.71. The van der Waals surface area contributed by atoms with Gasteiger partial charge in [0.25, 0.3) is 0 Å². The van der Waals surface area contributed by atoms with Gasteiger partial charge in [0, 0.05) is 16.0 Å². The first kappa shape index (κ1) is 11.8. The standard InChI is InChI=1S/C10H11IN4/c1-3-5-15-6-7(11)8(10(15)13)9(12)14-4-2/h1,4,6,12H,5,13H2,2H3. The van der Waals surface area contributed by atoms with Gasteiger partial charge in [-0.05, 0) is 29.5 Å². The number of rotatable bonds is 2. The summed E-state index contributed by atoms with van der Waals surface area (Å²) in [5.74, 6) is 3.16. The fraction of sp³-hybridized carbons (Fsp3) is 0.200. The van der Waals surface area contributed by atoms with Crippen LogP contribution in [0.5, 0.6) is 0 Å². The predicted octanol–water partition coefficient (Wildman–Crippen LogP) is 1.72. The Morgan fingerprint density at radius 3 is 3.07 bits per heavy atom. The van der Waals surface area contributed by atoms with Crippen LogP contribution in [-0.4, -0.2) is 16.6 Å². The number of halogens is 1. The lowest BCUT2D eigenvalue weighted by atomic mass is 10.3. The molecule has 15 heavy (non-hydrogen) atoms. The molecule has 0 radical (unpaired) electrons. The summed E-state index contributed by atoms with van der Waals surface area (Å²) in [4.78, 5) is 3.90. The van der Waals surface area contributed by atoms with Crippen LogP contribution >= 0.6 is 22.6 Å². The Labute approximate surface area is 102 Å². The first-order valence-electron chi connectivity index (χ1n) is 4.27. The number of nitrogens with zero attached hydrogens (tertiary/aromatic N) is 2. The highest BCUT2D eigenvalue weighted by Gasteiger charge is 2.14. The number of hydrogen-bond acceptors (Lipinski definition) is 2. The second-order valence-corrected chi connectivity index (χ2v) is 3.97. The summed E-state index contributed by atoms with van der Waals surface area (Å²) in [6, 6.07) is 0. The molecule has 78 valence electrons. The van der Waals surface area contributed by atoms with Crippen LogP contribution in [0.2, 0.25) is 0 Å². The molecule has 0 saturated heterocycles. The quantitative estimate of drug-likeness (QED) is 0.371. The minimum Gasteiger partial charge on any atom is -0.384 e. The van der Waals surface area contributed by atoms with Crippen molar-refractivity contribution < 1.29 is 0 Å². The lowest BCUT2D eigenvalue weighted by Crippen LogP contribution is -2.05. The highest BCUT2D eigenvalue weighted by Crippen LogP contribution is 2.22. The smallest absolute Gasteiger partial charge is 0.156 e. The van der Waals surface area contributed by atoms with E-state index in [0.717, 1.165) is 3.57 Å². The number of anilines is 1. The first-order chi connectivity index (χ1) is 7.11. The minimum absolute atomic E-state index is 0.162. The van der Waals surface area contributed by atoms with Gasteiger partial charge in [-0.25, -0.2) is 4.99 Å². The van der Waals surface area contributed by atoms with Crippen LogP contribution < -0.4 is 5.73 Å². The number of nitrogens with two attached hydrogens (primary N) is 1. The highest BCUT2D eigenvalue weighted by molar-refractivity contribution is 14.1. The van der Waals surface area contributed by atoms with Gasteiger partial charge in [0.2, 0.25) is 0 Å². The van der Waals surface area contributed by atoms with Crippen LogP contribution in [0.15, 0.2) is 11.2 Å². The van der Waals surface area contributed by atoms with Crippen molar-refractivity contribution in [1.29, 1.82) is 5.41 Å². The molecule has 0 aromatic carbocycles. The van der Waals surface area contributed by atoms with Gasteiger partial charge in [-0.15, -0.1) is 6.42 Å². The van der Waals surface area contributed by atoms with E-state index in [-0.39, 0.29) is 5.84 Å². The number of nitrogens with one attached hydrogen (secondary N) is 1. The average Bonchev–Trinajstić information content (AvgIpc) is 2.43. The number of nitrogen functional groups attached to an aromatic ring is 1. The van der Waals surface area contributed by atoms with Gasteiger partial charge < -0.3 is 10.3 Å². The Morgan fingerprint density at radius 1 is 1.87 bits per heavy atom. The molecule has 0 saturated carbocycles. The van der Waals surface area contributed by atoms with Crippen molar-refractivity contribution in [2.45, 2.75) is 13.5 Å². The van der Waals surface area contributed by atoms with E-state index in [1.165, 1.54) is 0 Å². The molecule has 0 aliphatic heterocycles. The summed E-state index contributed by atoms with van der Waals surface area (Å²) in [7, 11) is 0. The van der Waals surface area contributed by atoms with Gasteiger partial charge in [0.05, 0.1) is 12.1 Å². The van der Waals surface area contributed by atoms with E-state index in [2.05, 4.69) is 33.5 Å². The molecule has 0 amide bonds. The zero-order chi connectivity index (χ0) is 11.4. The molecule has 0 bridgehead atoms. The number of aliphatic imine (C=N–C) groups is 1. The second kappa shape index (κ2) is 4.98. The van der Waals surface area contributed by atoms with Crippen molar-refractivity contribution in [2.24, 2.45) is 4.99 Å². The summed E-state index contributed by atoms with van der Waals surface area (Å²) < 4.78 is 2.62. The zero-order valence-corrected chi connectivity index (χ0v) is 10.4. The topological polar surface area (TPSA) is 67.2 Å². The molecule has 1 aromatic rings. The fourth-order valence-corrected chi connectivity index (χ4v) is 2.06. The Bertz CT molecular complexity index is 451. The lowest BCUT2D eigenvalue weighted by Gasteiger charge is -2.01. The van der Waals surface area contributed by atoms with Crippen molar-refractivity contribution in [3.63, 3.8) is 0 Å². The van der Waals surface area contributed by atoms with E-state index in [1.807, 2.05) is 6.20 Å². The largest absolute Gasteiger partial charge is 0.384 e. The molecule has 0 atom stereocenters. The number of terminal acetylenes is 1. The van der Waals surface area contributed by atoms with E-state index in [1.54, 1.807) is 17.7 Å². The molecule has 1 aromatic heterocycles. The molecule has 1 heterocycles. The maximum absolute atomic E-state index is 7.71. The molecule has 0 unspecified atom stereocenters. The SMILES string of the molecule is C#CCn1cc(I)c(C(=N)N=CC)c1N. The molecule has 0 spiro atoms. The average molecular weight is 314 g/mol. The fourth-order valence-electron chi connectivity index (χ4n) is 1.19. The van der Waals surface area contributed by atoms with E-state index >= 15 is 0 Å². The van der Waals surface area contributed by atoms with Crippen LogP contribution in [0.25, 0.3) is 0 Å². The molecule has 5 heteroatoms. The number of aromatic nitrogens is 1. The predicted molar refractivity (Wildman–Crippen MR) is 71.4 cm³/mol. The van der Waals surface area contributed by atoms with Crippen LogP contribution in [-0.2, 0) is 6.54 Å². The van der Waals surface area contributed by atoms with E-state index < -0.39 is 0 Å². The Morgan fingerprint density at radius 2 is 2.53 bits per heavy atom. The Balaban J connectivity index is 3.20. The number of amidine groups is 1. The second-order valence-electron chi connectivity index (χ2n) is 2.81. The van der Waals surface area contributed by atoms with Crippen molar-refractivity contribution in [3.8, 4) is 12.3 Å². The van der Waals surface area contributed by atoms with E-state index in [4.69, 9.17) is 17.6 Å². The zero-order valence-electron chi connectivity index (χ0n) is 8.29. The molecular formula is C10H11IN4. The van der Waals surface area contributed by atoms with Crippen molar-refractivity contribution in [3.05, 3.63) is 15.3 Å². The van der Waals surface area contributed by atoms with Gasteiger partial charge in [0.1, 0.15) is 5.82 Å². The summed E-state index contributed by atoms with van der Waals surface area (Å²) in [6.45, 7) is 2.17. The molecule has 3 N–H and O–H groups in total. The number of hydrogen-bond donors (Lipinski definition) is 2. The molecular weight excluding hydrogens is 303 g/mol. The van der Waals surface area contributed by atoms with E-state index in [0.29, 0.717) is 17.9 Å². The molecule has 0 fully saturated rings. The first-order valence-corrected chi connectivity index (χ1v) is 5.34. The molecule has 4 nitrogen and oxygen atoms in total. The third kappa shape index (κ3) is 2.39. The van der Waals surface area contributed by atoms with Gasteiger partial charge in [-0.1, -0.05) is 5.92 Å². The third-order valence-corrected chi connectivity index (χ3v) is 2.65. The Hall–Kier alpha value is -1.29. The normalized spacial score (nSPS) is 10.5. The van der Waals surface area contributed by atoms with Gasteiger partial charge in [0.15, 0.2) is 5.84 Å². The van der Waals surface area contributed by atoms with Gasteiger partial charge in [-0.2, -0.15) is 0 Å². The highest BCUT2D eigenvalue weighted by atomic mass is 127. The van der Waals surface area contributed by atoms with Gasteiger partial charge >= 0.3 is 0 Å². The van der Waals surface area contributed by atoms with Crippen molar-refractivity contribution in [2.75, 3.05) is 5.73 Å². The van der Waals surface area contributed by atoms with Crippen molar-refractivity contribution >= 4 is 40.5 Å². The van der Waals surface area contributed by atoms with Gasteiger partial charge in [-0.3, -0.25) is 5.41 Å². The third-order valence-electron chi connectivity index (χ3n) is 1.83. The summed E-state index contributed by atoms with van der Waals surface area (Å²) in [5, 5.41) is 7.71. The van der Waals surface area contributed by atoms with Crippen LogP contribution in [0.4, 0.5) is 5.82 Å². The summed E-state index contributed by atoms with van der Waals surface area (Å²) >= 11 is 2.12. The van der Waals surface area contributed by atoms with Crippen LogP contribution in [0.1, 0.15) is 12.5 Å². The lowest BCUT2D eigenvalue weighted by molar-refractivity contribution is 0.861. The van der Waals surface area contributed by atoms with Crippen molar-refractivity contribution in [1.82, 2.24) is 4.57 Å². The molecule has 1 rings (SSSR count). The van der Waals surface area contributed by atoms with E-state index in [9.17, 15) is 0 Å². The summed E-state index contributed by atoms with van der Waals surface area (Å²) in [5.41, 5.74) is 6.51. The molecule has 0 aliphatic carbocycles. The maximum Gasteiger partial charge on any atom is 0.156 e. The summed E-state index contributed by atoms with van der Waals surface area (Å²) in [6.07, 6.45) is 8.60. The monoisotopic (exact) mass is 314 g/mol. The Kier molecular flexibility index (Phi) is 3.91. The molecule has 0 aliphatic rings. The van der Waals surface area contributed by atoms with Crippen LogP contribution in [0.3, 0.4) is 0 Å². The minimum atomic E-state index is 0.162. The van der Waals surface area contributed by atoms with Crippen LogP contribution in [0, 0.1) is 21.3 Å².